The molecule has 1 amide bonds. The van der Waals surface area contributed by atoms with Crippen molar-refractivity contribution in [2.75, 3.05) is 5.32 Å². The number of carbonyl (C=O) groups excluding carboxylic acids is 1. The first-order valence-corrected chi connectivity index (χ1v) is 6.51. The molecule has 0 saturated heterocycles. The molecule has 1 aromatic rings. The van der Waals surface area contributed by atoms with Gasteiger partial charge in [0.15, 0.2) is 0 Å². The number of rotatable bonds is 5. The van der Waals surface area contributed by atoms with Crippen LogP contribution in [-0.2, 0) is 20.7 Å². The van der Waals surface area contributed by atoms with Gasteiger partial charge in [0.25, 0.3) is 0 Å². The molecule has 0 fully saturated rings. The van der Waals surface area contributed by atoms with E-state index in [-0.39, 0.29) is 5.91 Å². The monoisotopic (exact) mass is 261 g/mol. The zero-order valence-corrected chi connectivity index (χ0v) is 11.3. The molecule has 0 bridgehead atoms. The highest BCUT2D eigenvalue weighted by molar-refractivity contribution is 5.90. The Morgan fingerprint density at radius 3 is 2.74 bits per heavy atom. The van der Waals surface area contributed by atoms with Gasteiger partial charge < -0.3 is 14.8 Å². The zero-order valence-electron chi connectivity index (χ0n) is 11.3. The number of amides is 1. The molecule has 19 heavy (non-hydrogen) atoms. The van der Waals surface area contributed by atoms with Gasteiger partial charge in [-0.15, -0.1) is 0 Å². The summed E-state index contributed by atoms with van der Waals surface area (Å²) in [6.07, 6.45) is 5.20. The van der Waals surface area contributed by atoms with Gasteiger partial charge in [-0.25, -0.2) is 0 Å². The van der Waals surface area contributed by atoms with Crippen molar-refractivity contribution < 1.29 is 14.3 Å². The second-order valence-corrected chi connectivity index (χ2v) is 4.74. The van der Waals surface area contributed by atoms with Crippen LogP contribution in [0.15, 0.2) is 36.8 Å². The Morgan fingerprint density at radius 2 is 2.05 bits per heavy atom. The second-order valence-electron chi connectivity index (χ2n) is 4.74. The van der Waals surface area contributed by atoms with Crippen molar-refractivity contribution >= 4 is 11.6 Å². The molecule has 102 valence electrons. The Kier molecular flexibility index (Phi) is 4.10. The van der Waals surface area contributed by atoms with E-state index in [1.165, 1.54) is 0 Å². The lowest BCUT2D eigenvalue weighted by atomic mass is 10.0. The lowest BCUT2D eigenvalue weighted by Crippen LogP contribution is -2.25. The van der Waals surface area contributed by atoms with Crippen molar-refractivity contribution in [3.8, 4) is 0 Å². The number of benzene rings is 1. The van der Waals surface area contributed by atoms with Gasteiger partial charge in [-0.2, -0.15) is 0 Å². The Bertz CT molecular complexity index is 474. The van der Waals surface area contributed by atoms with Crippen LogP contribution in [0, 0.1) is 0 Å². The lowest BCUT2D eigenvalue weighted by Gasteiger charge is -2.22. The molecule has 1 aliphatic rings. The molecule has 4 nitrogen and oxygen atoms in total. The maximum Gasteiger partial charge on any atom is 0.247 e. The van der Waals surface area contributed by atoms with Crippen LogP contribution in [0.1, 0.15) is 32.3 Å². The Balaban J connectivity index is 1.93. The van der Waals surface area contributed by atoms with Crippen molar-refractivity contribution in [3.63, 3.8) is 0 Å². The molecule has 1 N–H and O–H groups in total. The fourth-order valence-electron chi connectivity index (χ4n) is 1.91. The smallest absolute Gasteiger partial charge is 0.247 e. The van der Waals surface area contributed by atoms with Crippen LogP contribution < -0.4 is 5.32 Å². The van der Waals surface area contributed by atoms with Crippen LogP contribution in [0.3, 0.4) is 0 Å². The third kappa shape index (κ3) is 3.74. The van der Waals surface area contributed by atoms with Crippen molar-refractivity contribution in [1.82, 2.24) is 0 Å². The van der Waals surface area contributed by atoms with Gasteiger partial charge in [0, 0.05) is 25.5 Å². The molecule has 4 heteroatoms. The quantitative estimate of drug-likeness (QED) is 0.885. The van der Waals surface area contributed by atoms with Crippen LogP contribution in [0.25, 0.3) is 0 Å². The molecule has 1 aliphatic heterocycles. The molecule has 0 radical (unpaired) electrons. The van der Waals surface area contributed by atoms with Gasteiger partial charge in [-0.05, 0) is 24.1 Å². The number of nitrogens with one attached hydrogen (secondary N) is 1. The number of aryl methyl sites for hydroxylation is 1. The Hall–Kier alpha value is -1.97. The predicted octanol–water partition coefficient (Wildman–Crippen LogP) is 3.20. The molecule has 0 atom stereocenters. The van der Waals surface area contributed by atoms with E-state index in [9.17, 15) is 4.79 Å². The van der Waals surface area contributed by atoms with Gasteiger partial charge in [0.05, 0.1) is 0 Å². The highest BCUT2D eigenvalue weighted by atomic mass is 16.7. The summed E-state index contributed by atoms with van der Waals surface area (Å²) < 4.78 is 10.8. The summed E-state index contributed by atoms with van der Waals surface area (Å²) in [5.74, 6) is -0.543. The summed E-state index contributed by atoms with van der Waals surface area (Å²) in [7, 11) is 0. The first-order valence-electron chi connectivity index (χ1n) is 6.51. The van der Waals surface area contributed by atoms with E-state index >= 15 is 0 Å². The topological polar surface area (TPSA) is 47.6 Å². The van der Waals surface area contributed by atoms with E-state index in [0.717, 1.165) is 24.1 Å². The van der Waals surface area contributed by atoms with Crippen LogP contribution in [0.2, 0.25) is 0 Å². The predicted molar refractivity (Wildman–Crippen MR) is 73.4 cm³/mol. The van der Waals surface area contributed by atoms with E-state index in [2.05, 4.69) is 5.32 Å². The fourth-order valence-corrected chi connectivity index (χ4v) is 1.91. The number of ether oxygens (including phenoxy) is 2. The maximum atomic E-state index is 11.4. The molecule has 1 heterocycles. The molecule has 0 unspecified atom stereocenters. The van der Waals surface area contributed by atoms with Crippen molar-refractivity contribution in [1.29, 1.82) is 0 Å². The van der Waals surface area contributed by atoms with Crippen LogP contribution >= 0.6 is 0 Å². The molecule has 2 rings (SSSR count). The minimum atomic E-state index is -0.567. The van der Waals surface area contributed by atoms with Crippen molar-refractivity contribution in [2.45, 2.75) is 38.9 Å². The van der Waals surface area contributed by atoms with Gasteiger partial charge in [0.2, 0.25) is 11.7 Å². The van der Waals surface area contributed by atoms with E-state index in [4.69, 9.17) is 9.47 Å². The summed E-state index contributed by atoms with van der Waals surface area (Å²) >= 11 is 0. The number of anilines is 1. The molecular formula is C15H19NO3. The van der Waals surface area contributed by atoms with Crippen LogP contribution in [0.4, 0.5) is 5.69 Å². The third-order valence-electron chi connectivity index (χ3n) is 3.09. The van der Waals surface area contributed by atoms with E-state index in [0.29, 0.717) is 6.42 Å². The van der Waals surface area contributed by atoms with Gasteiger partial charge >= 0.3 is 0 Å². The van der Waals surface area contributed by atoms with Gasteiger partial charge in [-0.3, -0.25) is 4.79 Å². The highest BCUT2D eigenvalue weighted by Gasteiger charge is 2.28. The number of carbonyl (C=O) groups is 1. The zero-order chi connectivity index (χ0) is 13.7. The third-order valence-corrected chi connectivity index (χ3v) is 3.09. The first kappa shape index (κ1) is 13.5. The number of hydrogen-bond acceptors (Lipinski definition) is 3. The summed E-state index contributed by atoms with van der Waals surface area (Å²) in [6.45, 7) is 3.75. The summed E-state index contributed by atoms with van der Waals surface area (Å²) in [4.78, 5) is 11.4. The largest absolute Gasteiger partial charge is 0.457 e. The average molecular weight is 261 g/mol. The minimum absolute atomic E-state index is 0.0239. The lowest BCUT2D eigenvalue weighted by molar-refractivity contribution is -0.130. The molecule has 0 spiro atoms. The van der Waals surface area contributed by atoms with Crippen molar-refractivity contribution in [3.05, 3.63) is 42.4 Å². The molecule has 0 saturated carbocycles. The van der Waals surface area contributed by atoms with E-state index in [1.807, 2.05) is 38.1 Å². The van der Waals surface area contributed by atoms with E-state index in [1.54, 1.807) is 12.5 Å². The van der Waals surface area contributed by atoms with Gasteiger partial charge in [0.1, 0.15) is 12.5 Å². The Labute approximate surface area is 113 Å². The van der Waals surface area contributed by atoms with Crippen molar-refractivity contribution in [2.24, 2.45) is 0 Å². The second kappa shape index (κ2) is 5.78. The van der Waals surface area contributed by atoms with Gasteiger partial charge in [-0.1, -0.05) is 19.1 Å². The molecule has 1 aromatic carbocycles. The summed E-state index contributed by atoms with van der Waals surface area (Å²) in [6, 6.07) is 7.85. The summed E-state index contributed by atoms with van der Waals surface area (Å²) in [5.41, 5.74) is 1.98. The molecule has 0 aliphatic carbocycles. The SMILES string of the molecule is CCC(=O)Nc1cccc(CCC2(C)OC=CO2)c1. The highest BCUT2D eigenvalue weighted by Crippen LogP contribution is 2.25. The normalized spacial score (nSPS) is 15.7. The van der Waals surface area contributed by atoms with Crippen LogP contribution in [-0.4, -0.2) is 11.7 Å². The maximum absolute atomic E-state index is 11.4. The molecular weight excluding hydrogens is 242 g/mol. The minimum Gasteiger partial charge on any atom is -0.457 e. The van der Waals surface area contributed by atoms with Crippen LogP contribution in [0.5, 0.6) is 0 Å². The average Bonchev–Trinajstić information content (AvgIpc) is 2.84. The summed E-state index contributed by atoms with van der Waals surface area (Å²) in [5, 5.41) is 2.86. The fraction of sp³-hybridized carbons (Fsp3) is 0.400. The van der Waals surface area contributed by atoms with E-state index < -0.39 is 5.79 Å². The first-order chi connectivity index (χ1) is 9.11. The Morgan fingerprint density at radius 1 is 1.32 bits per heavy atom. The molecule has 0 aromatic heterocycles. The standard InChI is InChI=1S/C15H19NO3/c1-3-14(17)16-13-6-4-5-12(11-13)7-8-15(2)18-9-10-19-15/h4-6,9-11H,3,7-8H2,1-2H3,(H,16,17). The number of hydrogen-bond donors (Lipinski definition) is 1.